The standard InChI is InChI=1S/C16H19N3O3/c1-4-11-5-7-12(8-6-11)10(2)17-15(20)14-13(16(21)22)9-19(3)18-14/h5-10H,4H2,1-3H3,(H,17,20)(H,21,22)/t10-/m0/s1. The number of carboxylic acids is 1. The molecule has 0 bridgehead atoms. The van der Waals surface area contributed by atoms with Gasteiger partial charge < -0.3 is 10.4 Å². The van der Waals surface area contributed by atoms with Gasteiger partial charge in [0.05, 0.1) is 6.04 Å². The molecular formula is C16H19N3O3. The van der Waals surface area contributed by atoms with Gasteiger partial charge in [0.1, 0.15) is 5.56 Å². The van der Waals surface area contributed by atoms with Gasteiger partial charge in [-0.05, 0) is 24.5 Å². The van der Waals surface area contributed by atoms with Crippen molar-refractivity contribution in [2.75, 3.05) is 0 Å². The molecule has 1 heterocycles. The van der Waals surface area contributed by atoms with E-state index in [1.54, 1.807) is 7.05 Å². The van der Waals surface area contributed by atoms with Crippen LogP contribution < -0.4 is 5.32 Å². The van der Waals surface area contributed by atoms with E-state index in [2.05, 4.69) is 17.3 Å². The van der Waals surface area contributed by atoms with Gasteiger partial charge >= 0.3 is 5.97 Å². The zero-order valence-electron chi connectivity index (χ0n) is 12.8. The first-order valence-corrected chi connectivity index (χ1v) is 7.09. The zero-order valence-corrected chi connectivity index (χ0v) is 12.8. The number of carboxylic acid groups (broad SMARTS) is 1. The van der Waals surface area contributed by atoms with Gasteiger partial charge in [0.15, 0.2) is 5.69 Å². The van der Waals surface area contributed by atoms with E-state index < -0.39 is 11.9 Å². The maximum Gasteiger partial charge on any atom is 0.339 e. The highest BCUT2D eigenvalue weighted by Crippen LogP contribution is 2.15. The molecule has 2 N–H and O–H groups in total. The lowest BCUT2D eigenvalue weighted by Gasteiger charge is -2.14. The van der Waals surface area contributed by atoms with Crippen molar-refractivity contribution in [2.45, 2.75) is 26.3 Å². The third-order valence-corrected chi connectivity index (χ3v) is 3.51. The van der Waals surface area contributed by atoms with Gasteiger partial charge in [-0.15, -0.1) is 0 Å². The van der Waals surface area contributed by atoms with Crippen LogP contribution in [-0.4, -0.2) is 26.8 Å². The number of hydrogen-bond acceptors (Lipinski definition) is 3. The summed E-state index contributed by atoms with van der Waals surface area (Å²) >= 11 is 0. The van der Waals surface area contributed by atoms with Gasteiger partial charge in [0, 0.05) is 13.2 Å². The SMILES string of the molecule is CCc1ccc([C@H](C)NC(=O)c2nn(C)cc2C(=O)O)cc1. The highest BCUT2D eigenvalue weighted by Gasteiger charge is 2.22. The number of aromatic carboxylic acids is 1. The third kappa shape index (κ3) is 3.33. The van der Waals surface area contributed by atoms with Crippen molar-refractivity contribution < 1.29 is 14.7 Å². The lowest BCUT2D eigenvalue weighted by atomic mass is 10.0. The molecule has 2 aromatic rings. The van der Waals surface area contributed by atoms with Crippen LogP contribution in [0.15, 0.2) is 30.5 Å². The van der Waals surface area contributed by atoms with Crippen LogP contribution in [0.2, 0.25) is 0 Å². The van der Waals surface area contributed by atoms with Crippen LogP contribution in [-0.2, 0) is 13.5 Å². The predicted molar refractivity (Wildman–Crippen MR) is 81.9 cm³/mol. The molecule has 1 amide bonds. The number of nitrogens with zero attached hydrogens (tertiary/aromatic N) is 2. The predicted octanol–water partition coefficient (Wildman–Crippen LogP) is 2.17. The Bertz CT molecular complexity index is 689. The second-order valence-corrected chi connectivity index (χ2v) is 5.16. The van der Waals surface area contributed by atoms with E-state index in [1.165, 1.54) is 16.4 Å². The normalized spacial score (nSPS) is 12.0. The summed E-state index contributed by atoms with van der Waals surface area (Å²) in [4.78, 5) is 23.4. The number of amides is 1. The van der Waals surface area contributed by atoms with Crippen molar-refractivity contribution in [1.82, 2.24) is 15.1 Å². The molecule has 1 aromatic carbocycles. The fraction of sp³-hybridized carbons (Fsp3) is 0.312. The first kappa shape index (κ1) is 15.8. The molecule has 0 saturated carbocycles. The van der Waals surface area contributed by atoms with Crippen LogP contribution in [0.25, 0.3) is 0 Å². The molecule has 116 valence electrons. The number of nitrogens with one attached hydrogen (secondary N) is 1. The lowest BCUT2D eigenvalue weighted by Crippen LogP contribution is -2.28. The summed E-state index contributed by atoms with van der Waals surface area (Å²) in [7, 11) is 1.58. The van der Waals surface area contributed by atoms with E-state index in [0.29, 0.717) is 0 Å². The molecule has 0 spiro atoms. The molecule has 22 heavy (non-hydrogen) atoms. The quantitative estimate of drug-likeness (QED) is 0.886. The summed E-state index contributed by atoms with van der Waals surface area (Å²) in [6, 6.07) is 7.71. The second kappa shape index (κ2) is 6.43. The van der Waals surface area contributed by atoms with Crippen LogP contribution in [0.5, 0.6) is 0 Å². The molecular weight excluding hydrogens is 282 g/mol. The molecule has 0 radical (unpaired) electrons. The fourth-order valence-electron chi connectivity index (χ4n) is 2.20. The van der Waals surface area contributed by atoms with E-state index >= 15 is 0 Å². The lowest BCUT2D eigenvalue weighted by molar-refractivity contribution is 0.0690. The number of aromatic nitrogens is 2. The average molecular weight is 301 g/mol. The van der Waals surface area contributed by atoms with E-state index in [0.717, 1.165) is 12.0 Å². The number of carbonyl (C=O) groups excluding carboxylic acids is 1. The summed E-state index contributed by atoms with van der Waals surface area (Å²) in [6.45, 7) is 3.93. The summed E-state index contributed by atoms with van der Waals surface area (Å²) in [5.41, 5.74) is 2.00. The van der Waals surface area contributed by atoms with Crippen LogP contribution in [0, 0.1) is 0 Å². The van der Waals surface area contributed by atoms with Crippen molar-refractivity contribution in [3.8, 4) is 0 Å². The largest absolute Gasteiger partial charge is 0.478 e. The number of carbonyl (C=O) groups is 2. The Labute approximate surface area is 128 Å². The molecule has 6 heteroatoms. The second-order valence-electron chi connectivity index (χ2n) is 5.16. The molecule has 6 nitrogen and oxygen atoms in total. The Morgan fingerprint density at radius 1 is 1.32 bits per heavy atom. The van der Waals surface area contributed by atoms with Crippen molar-refractivity contribution in [2.24, 2.45) is 7.05 Å². The summed E-state index contributed by atoms with van der Waals surface area (Å²) in [5, 5.41) is 15.8. The maximum absolute atomic E-state index is 12.2. The van der Waals surface area contributed by atoms with E-state index in [-0.39, 0.29) is 17.3 Å². The molecule has 2 rings (SSSR count). The summed E-state index contributed by atoms with van der Waals surface area (Å²) in [5.74, 6) is -1.66. The molecule has 0 aliphatic heterocycles. The van der Waals surface area contributed by atoms with E-state index in [9.17, 15) is 9.59 Å². The average Bonchev–Trinajstić information content (AvgIpc) is 2.89. The molecule has 0 unspecified atom stereocenters. The Balaban J connectivity index is 2.15. The highest BCUT2D eigenvalue weighted by atomic mass is 16.4. The third-order valence-electron chi connectivity index (χ3n) is 3.51. The molecule has 1 aromatic heterocycles. The number of hydrogen-bond donors (Lipinski definition) is 2. The van der Waals surface area contributed by atoms with Gasteiger partial charge in [-0.2, -0.15) is 5.10 Å². The van der Waals surface area contributed by atoms with E-state index in [1.807, 2.05) is 31.2 Å². The maximum atomic E-state index is 12.2. The van der Waals surface area contributed by atoms with Crippen LogP contribution in [0.3, 0.4) is 0 Å². The van der Waals surface area contributed by atoms with Crippen LogP contribution in [0.4, 0.5) is 0 Å². The van der Waals surface area contributed by atoms with Gasteiger partial charge in [-0.3, -0.25) is 9.48 Å². The minimum absolute atomic E-state index is 0.0768. The smallest absolute Gasteiger partial charge is 0.339 e. The monoisotopic (exact) mass is 301 g/mol. The summed E-state index contributed by atoms with van der Waals surface area (Å²) in [6.07, 6.45) is 2.27. The van der Waals surface area contributed by atoms with Crippen molar-refractivity contribution >= 4 is 11.9 Å². The van der Waals surface area contributed by atoms with Crippen LogP contribution >= 0.6 is 0 Å². The fourth-order valence-corrected chi connectivity index (χ4v) is 2.20. The first-order valence-electron chi connectivity index (χ1n) is 7.09. The zero-order chi connectivity index (χ0) is 16.3. The number of benzene rings is 1. The summed E-state index contributed by atoms with van der Waals surface area (Å²) < 4.78 is 1.32. The minimum Gasteiger partial charge on any atom is -0.478 e. The molecule has 0 aliphatic carbocycles. The van der Waals surface area contributed by atoms with Crippen LogP contribution in [0.1, 0.15) is 51.9 Å². The highest BCUT2D eigenvalue weighted by molar-refractivity contribution is 6.03. The molecule has 0 fully saturated rings. The van der Waals surface area contributed by atoms with Crippen molar-refractivity contribution in [3.05, 3.63) is 52.8 Å². The van der Waals surface area contributed by atoms with Crippen molar-refractivity contribution in [1.29, 1.82) is 0 Å². The Kier molecular flexibility index (Phi) is 4.60. The molecule has 0 aliphatic rings. The van der Waals surface area contributed by atoms with Gasteiger partial charge in [-0.25, -0.2) is 4.79 Å². The Morgan fingerprint density at radius 2 is 1.95 bits per heavy atom. The molecule has 1 atom stereocenters. The van der Waals surface area contributed by atoms with Crippen molar-refractivity contribution in [3.63, 3.8) is 0 Å². The Hall–Kier alpha value is -2.63. The van der Waals surface area contributed by atoms with Gasteiger partial charge in [-0.1, -0.05) is 31.2 Å². The van der Waals surface area contributed by atoms with Gasteiger partial charge in [0.25, 0.3) is 5.91 Å². The minimum atomic E-state index is -1.17. The molecule has 0 saturated heterocycles. The Morgan fingerprint density at radius 3 is 2.50 bits per heavy atom. The number of aryl methyl sites for hydroxylation is 2. The number of rotatable bonds is 5. The van der Waals surface area contributed by atoms with Gasteiger partial charge in [0.2, 0.25) is 0 Å². The first-order chi connectivity index (χ1) is 10.4. The van der Waals surface area contributed by atoms with E-state index in [4.69, 9.17) is 5.11 Å². The topological polar surface area (TPSA) is 84.2 Å².